The highest BCUT2D eigenvalue weighted by molar-refractivity contribution is 7.89. The fourth-order valence-electron chi connectivity index (χ4n) is 2.10. The van der Waals surface area contributed by atoms with E-state index in [-0.39, 0.29) is 17.1 Å². The van der Waals surface area contributed by atoms with Crippen molar-refractivity contribution in [3.05, 3.63) is 29.3 Å². The Balaban J connectivity index is 2.31. The molecule has 6 heteroatoms. The third kappa shape index (κ3) is 2.85. The smallest absolute Gasteiger partial charge is 0.243 e. The van der Waals surface area contributed by atoms with Gasteiger partial charge in [0, 0.05) is 18.1 Å². The first kappa shape index (κ1) is 13.8. The summed E-state index contributed by atoms with van der Waals surface area (Å²) in [4.78, 5) is 0.233. The van der Waals surface area contributed by atoms with E-state index in [0.717, 1.165) is 0 Å². The van der Waals surface area contributed by atoms with E-state index in [1.165, 1.54) is 10.4 Å². The van der Waals surface area contributed by atoms with E-state index in [1.807, 2.05) is 13.8 Å². The number of hydrogen-bond donors (Lipinski definition) is 0. The monoisotopic (exact) mass is 289 g/mol. The van der Waals surface area contributed by atoms with Crippen LogP contribution in [0, 0.1) is 0 Å². The molecule has 0 bridgehead atoms. The molecule has 1 aromatic rings. The van der Waals surface area contributed by atoms with Crippen LogP contribution in [-0.4, -0.2) is 38.0 Å². The first-order valence-electron chi connectivity index (χ1n) is 5.81. The Morgan fingerprint density at radius 1 is 1.28 bits per heavy atom. The SMILES string of the molecule is CC1CN(S(=O)(=O)c2cccc(Cl)c2)CC(C)O1. The van der Waals surface area contributed by atoms with Crippen LogP contribution in [0.2, 0.25) is 5.02 Å². The number of hydrogen-bond acceptors (Lipinski definition) is 3. The van der Waals surface area contributed by atoms with Crippen molar-refractivity contribution in [2.75, 3.05) is 13.1 Å². The average molecular weight is 290 g/mol. The second-order valence-corrected chi connectivity index (χ2v) is 6.91. The molecule has 2 atom stereocenters. The van der Waals surface area contributed by atoms with Crippen LogP contribution in [0.1, 0.15) is 13.8 Å². The van der Waals surface area contributed by atoms with Gasteiger partial charge >= 0.3 is 0 Å². The second kappa shape index (κ2) is 5.17. The highest BCUT2D eigenvalue weighted by atomic mass is 35.5. The summed E-state index contributed by atoms with van der Waals surface area (Å²) in [7, 11) is -3.48. The van der Waals surface area contributed by atoms with Crippen LogP contribution in [0.15, 0.2) is 29.2 Å². The fraction of sp³-hybridized carbons (Fsp3) is 0.500. The maximum atomic E-state index is 12.4. The quantitative estimate of drug-likeness (QED) is 0.838. The molecule has 1 fully saturated rings. The van der Waals surface area contributed by atoms with Gasteiger partial charge in [-0.3, -0.25) is 0 Å². The molecule has 1 aliphatic rings. The maximum Gasteiger partial charge on any atom is 0.243 e. The lowest BCUT2D eigenvalue weighted by Crippen LogP contribution is -2.48. The van der Waals surface area contributed by atoms with Crippen LogP contribution >= 0.6 is 11.6 Å². The van der Waals surface area contributed by atoms with Gasteiger partial charge in [0.2, 0.25) is 10.0 Å². The highest BCUT2D eigenvalue weighted by Gasteiger charge is 2.32. The van der Waals surface area contributed by atoms with Crippen LogP contribution in [0.3, 0.4) is 0 Å². The highest BCUT2D eigenvalue weighted by Crippen LogP contribution is 2.23. The fourth-order valence-corrected chi connectivity index (χ4v) is 4.00. The number of nitrogens with zero attached hydrogens (tertiary/aromatic N) is 1. The number of rotatable bonds is 2. The van der Waals surface area contributed by atoms with Crippen molar-refractivity contribution in [2.45, 2.75) is 31.0 Å². The van der Waals surface area contributed by atoms with Gasteiger partial charge in [-0.15, -0.1) is 0 Å². The standard InChI is InChI=1S/C12H16ClNO3S/c1-9-7-14(8-10(2)17-9)18(15,16)12-5-3-4-11(13)6-12/h3-6,9-10H,7-8H2,1-2H3. The van der Waals surface area contributed by atoms with Crippen molar-refractivity contribution >= 4 is 21.6 Å². The number of ether oxygens (including phenoxy) is 1. The van der Waals surface area contributed by atoms with Crippen LogP contribution in [0.4, 0.5) is 0 Å². The van der Waals surface area contributed by atoms with E-state index in [1.54, 1.807) is 18.2 Å². The molecule has 1 saturated heterocycles. The van der Waals surface area contributed by atoms with Crippen molar-refractivity contribution in [3.63, 3.8) is 0 Å². The summed E-state index contributed by atoms with van der Waals surface area (Å²) >= 11 is 5.84. The van der Waals surface area contributed by atoms with Gasteiger partial charge in [0.1, 0.15) is 0 Å². The van der Waals surface area contributed by atoms with Gasteiger partial charge in [-0.05, 0) is 32.0 Å². The molecular weight excluding hydrogens is 274 g/mol. The number of sulfonamides is 1. The Morgan fingerprint density at radius 3 is 2.44 bits per heavy atom. The van der Waals surface area contributed by atoms with E-state index in [9.17, 15) is 8.42 Å². The van der Waals surface area contributed by atoms with E-state index < -0.39 is 10.0 Å². The zero-order chi connectivity index (χ0) is 13.3. The molecule has 2 unspecified atom stereocenters. The van der Waals surface area contributed by atoms with E-state index in [2.05, 4.69) is 0 Å². The summed E-state index contributed by atoms with van der Waals surface area (Å²) in [6, 6.07) is 6.33. The molecule has 0 radical (unpaired) electrons. The number of benzene rings is 1. The van der Waals surface area contributed by atoms with Crippen LogP contribution < -0.4 is 0 Å². The number of halogens is 1. The minimum absolute atomic E-state index is 0.0947. The minimum Gasteiger partial charge on any atom is -0.373 e. The normalized spacial score (nSPS) is 26.2. The Hall–Kier alpha value is -0.620. The van der Waals surface area contributed by atoms with E-state index in [0.29, 0.717) is 18.1 Å². The largest absolute Gasteiger partial charge is 0.373 e. The summed E-state index contributed by atoms with van der Waals surface area (Å²) in [5.74, 6) is 0. The average Bonchev–Trinajstić information content (AvgIpc) is 2.27. The number of morpholine rings is 1. The summed E-state index contributed by atoms with van der Waals surface area (Å²) in [5, 5.41) is 0.422. The molecular formula is C12H16ClNO3S. The van der Waals surface area contributed by atoms with Gasteiger partial charge in [0.05, 0.1) is 17.1 Å². The summed E-state index contributed by atoms with van der Waals surface area (Å²) in [6.45, 7) is 4.49. The van der Waals surface area contributed by atoms with Crippen molar-refractivity contribution < 1.29 is 13.2 Å². The van der Waals surface area contributed by atoms with Gasteiger partial charge in [-0.2, -0.15) is 4.31 Å². The molecule has 1 aliphatic heterocycles. The zero-order valence-corrected chi connectivity index (χ0v) is 11.9. The first-order chi connectivity index (χ1) is 8.39. The molecule has 0 spiro atoms. The molecule has 2 rings (SSSR count). The summed E-state index contributed by atoms with van der Waals surface area (Å²) in [6.07, 6.45) is -0.189. The lowest BCUT2D eigenvalue weighted by atomic mass is 10.3. The van der Waals surface area contributed by atoms with Crippen LogP contribution in [-0.2, 0) is 14.8 Å². The van der Waals surface area contributed by atoms with Gasteiger partial charge < -0.3 is 4.74 Å². The van der Waals surface area contributed by atoms with Gasteiger partial charge in [0.25, 0.3) is 0 Å². The molecule has 4 nitrogen and oxygen atoms in total. The predicted molar refractivity (Wildman–Crippen MR) is 70.2 cm³/mol. The second-order valence-electron chi connectivity index (χ2n) is 4.54. The maximum absolute atomic E-state index is 12.4. The molecule has 18 heavy (non-hydrogen) atoms. The Kier molecular flexibility index (Phi) is 3.96. The third-order valence-electron chi connectivity index (χ3n) is 2.82. The molecule has 0 N–H and O–H groups in total. The zero-order valence-electron chi connectivity index (χ0n) is 10.3. The van der Waals surface area contributed by atoms with Gasteiger partial charge in [0.15, 0.2) is 0 Å². The summed E-state index contributed by atoms with van der Waals surface area (Å²) < 4.78 is 31.9. The lowest BCUT2D eigenvalue weighted by molar-refractivity contribution is -0.0440. The molecule has 0 amide bonds. The lowest BCUT2D eigenvalue weighted by Gasteiger charge is -2.34. The third-order valence-corrected chi connectivity index (χ3v) is 4.88. The Bertz CT molecular complexity index is 522. The Morgan fingerprint density at radius 2 is 1.89 bits per heavy atom. The van der Waals surface area contributed by atoms with Gasteiger partial charge in [-0.1, -0.05) is 17.7 Å². The molecule has 0 saturated carbocycles. The van der Waals surface area contributed by atoms with Crippen LogP contribution in [0.25, 0.3) is 0 Å². The minimum atomic E-state index is -3.48. The summed E-state index contributed by atoms with van der Waals surface area (Å²) in [5.41, 5.74) is 0. The molecule has 1 aromatic carbocycles. The van der Waals surface area contributed by atoms with Gasteiger partial charge in [-0.25, -0.2) is 8.42 Å². The molecule has 0 aliphatic carbocycles. The van der Waals surface area contributed by atoms with E-state index >= 15 is 0 Å². The van der Waals surface area contributed by atoms with Crippen molar-refractivity contribution in [1.82, 2.24) is 4.31 Å². The van der Waals surface area contributed by atoms with Crippen LogP contribution in [0.5, 0.6) is 0 Å². The van der Waals surface area contributed by atoms with Crippen molar-refractivity contribution in [2.24, 2.45) is 0 Å². The first-order valence-corrected chi connectivity index (χ1v) is 7.62. The predicted octanol–water partition coefficient (Wildman–Crippen LogP) is 2.14. The topological polar surface area (TPSA) is 46.6 Å². The molecule has 100 valence electrons. The Labute approximate surface area is 113 Å². The van der Waals surface area contributed by atoms with E-state index in [4.69, 9.17) is 16.3 Å². The van der Waals surface area contributed by atoms with Crippen molar-refractivity contribution in [1.29, 1.82) is 0 Å². The molecule has 0 aromatic heterocycles. The molecule has 1 heterocycles. The van der Waals surface area contributed by atoms with Crippen molar-refractivity contribution in [3.8, 4) is 0 Å².